The normalized spacial score (nSPS) is 12.7. The first kappa shape index (κ1) is 66.3. The number of hydrogen-bond acceptors (Lipinski definition) is 5. The molecule has 402 valence electrons. The first-order valence-electron chi connectivity index (χ1n) is 30.6. The number of hydrogen-bond donors (Lipinski definition) is 3. The fourth-order valence-corrected chi connectivity index (χ4v) is 9.51. The zero-order valence-electron chi connectivity index (χ0n) is 45.9. The van der Waals surface area contributed by atoms with Gasteiger partial charge in [0.2, 0.25) is 5.91 Å². The highest BCUT2D eigenvalue weighted by molar-refractivity contribution is 5.76. The van der Waals surface area contributed by atoms with Gasteiger partial charge in [-0.3, -0.25) is 9.59 Å². The fourth-order valence-electron chi connectivity index (χ4n) is 9.51. The molecule has 6 nitrogen and oxygen atoms in total. The summed E-state index contributed by atoms with van der Waals surface area (Å²) in [6, 6.07) is -0.546. The van der Waals surface area contributed by atoms with Crippen molar-refractivity contribution in [3.63, 3.8) is 0 Å². The third kappa shape index (κ3) is 53.7. The van der Waals surface area contributed by atoms with Crippen molar-refractivity contribution in [2.45, 2.75) is 347 Å². The van der Waals surface area contributed by atoms with E-state index in [1.807, 2.05) is 0 Å². The second-order valence-corrected chi connectivity index (χ2v) is 21.0. The van der Waals surface area contributed by atoms with Crippen molar-refractivity contribution in [2.24, 2.45) is 0 Å². The summed E-state index contributed by atoms with van der Waals surface area (Å²) in [4.78, 5) is 24.5. The van der Waals surface area contributed by atoms with Crippen molar-refractivity contribution in [3.05, 3.63) is 24.3 Å². The molecule has 6 heteroatoms. The number of unbranched alkanes of at least 4 members (excludes halogenated alkanes) is 42. The maximum atomic E-state index is 12.5. The summed E-state index contributed by atoms with van der Waals surface area (Å²) in [6.45, 7) is 4.94. The first-order chi connectivity index (χ1) is 33.5. The first-order valence-corrected chi connectivity index (χ1v) is 30.6. The third-order valence-corrected chi connectivity index (χ3v) is 14.2. The summed E-state index contributed by atoms with van der Waals surface area (Å²) in [5, 5.41) is 23.3. The van der Waals surface area contributed by atoms with Gasteiger partial charge in [0, 0.05) is 12.8 Å². The van der Waals surface area contributed by atoms with Crippen LogP contribution in [0.2, 0.25) is 0 Å². The number of rotatable bonds is 57. The summed E-state index contributed by atoms with van der Waals surface area (Å²) in [7, 11) is 0. The molecule has 0 saturated carbocycles. The lowest BCUT2D eigenvalue weighted by molar-refractivity contribution is -0.143. The van der Waals surface area contributed by atoms with Gasteiger partial charge in [-0.2, -0.15) is 0 Å². The van der Waals surface area contributed by atoms with E-state index in [1.165, 1.54) is 257 Å². The monoisotopic (exact) mass is 958 g/mol. The predicted molar refractivity (Wildman–Crippen MR) is 296 cm³/mol. The zero-order chi connectivity index (χ0) is 49.3. The molecule has 0 aromatic carbocycles. The van der Waals surface area contributed by atoms with Crippen molar-refractivity contribution in [3.8, 4) is 0 Å². The number of carbonyl (C=O) groups is 2. The molecule has 2 unspecified atom stereocenters. The summed E-state index contributed by atoms with van der Waals surface area (Å²) in [5.74, 6) is -0.0377. The third-order valence-electron chi connectivity index (χ3n) is 14.2. The molecule has 0 heterocycles. The number of allylic oxidation sites excluding steroid dienone is 4. The van der Waals surface area contributed by atoms with E-state index >= 15 is 0 Å². The van der Waals surface area contributed by atoms with Crippen LogP contribution in [0.15, 0.2) is 24.3 Å². The lowest BCUT2D eigenvalue weighted by Crippen LogP contribution is -2.45. The number of esters is 1. The molecule has 0 spiro atoms. The van der Waals surface area contributed by atoms with Crippen LogP contribution in [0.25, 0.3) is 0 Å². The van der Waals surface area contributed by atoms with E-state index in [4.69, 9.17) is 4.74 Å². The van der Waals surface area contributed by atoms with Crippen molar-refractivity contribution in [2.75, 3.05) is 13.2 Å². The van der Waals surface area contributed by atoms with Crippen LogP contribution in [0.4, 0.5) is 0 Å². The molecule has 0 saturated heterocycles. The maximum Gasteiger partial charge on any atom is 0.305 e. The summed E-state index contributed by atoms with van der Waals surface area (Å²) in [5.41, 5.74) is 0. The summed E-state index contributed by atoms with van der Waals surface area (Å²) >= 11 is 0. The number of nitrogens with one attached hydrogen (secondary N) is 1. The van der Waals surface area contributed by atoms with Crippen LogP contribution in [-0.4, -0.2) is 47.4 Å². The van der Waals surface area contributed by atoms with E-state index in [0.717, 1.165) is 44.9 Å². The lowest BCUT2D eigenvalue weighted by atomic mass is 10.0. The van der Waals surface area contributed by atoms with E-state index in [0.29, 0.717) is 25.9 Å². The van der Waals surface area contributed by atoms with E-state index < -0.39 is 12.1 Å². The molecule has 0 rings (SSSR count). The van der Waals surface area contributed by atoms with E-state index in [-0.39, 0.29) is 18.5 Å². The average Bonchev–Trinajstić information content (AvgIpc) is 3.34. The van der Waals surface area contributed by atoms with E-state index in [1.54, 1.807) is 0 Å². The Morgan fingerprint density at radius 2 is 0.691 bits per heavy atom. The van der Waals surface area contributed by atoms with Crippen molar-refractivity contribution >= 4 is 11.9 Å². The van der Waals surface area contributed by atoms with Gasteiger partial charge in [-0.15, -0.1) is 0 Å². The van der Waals surface area contributed by atoms with Crippen molar-refractivity contribution in [1.82, 2.24) is 5.32 Å². The molecule has 0 aliphatic rings. The van der Waals surface area contributed by atoms with Crippen LogP contribution in [0.3, 0.4) is 0 Å². The molecular weight excluding hydrogens is 839 g/mol. The van der Waals surface area contributed by atoms with Gasteiger partial charge in [-0.1, -0.05) is 269 Å². The van der Waals surface area contributed by atoms with Crippen molar-refractivity contribution in [1.29, 1.82) is 0 Å². The topological polar surface area (TPSA) is 95.9 Å². The highest BCUT2D eigenvalue weighted by Crippen LogP contribution is 2.17. The molecular formula is C62H119NO5. The molecule has 0 aromatic heterocycles. The van der Waals surface area contributed by atoms with Gasteiger partial charge in [-0.25, -0.2) is 0 Å². The molecule has 3 N–H and O–H groups in total. The molecule has 0 radical (unpaired) electrons. The number of amides is 1. The van der Waals surface area contributed by atoms with E-state index in [2.05, 4.69) is 43.5 Å². The van der Waals surface area contributed by atoms with Crippen molar-refractivity contribution < 1.29 is 24.5 Å². The lowest BCUT2D eigenvalue weighted by Gasteiger charge is -2.22. The van der Waals surface area contributed by atoms with Gasteiger partial charge in [0.05, 0.1) is 25.4 Å². The van der Waals surface area contributed by atoms with Gasteiger partial charge >= 0.3 is 5.97 Å². The number of aliphatic hydroxyl groups excluding tert-OH is 2. The quantitative estimate of drug-likeness (QED) is 0.0321. The number of carbonyl (C=O) groups excluding carboxylic acids is 2. The zero-order valence-corrected chi connectivity index (χ0v) is 45.9. The van der Waals surface area contributed by atoms with Crippen LogP contribution >= 0.6 is 0 Å². The van der Waals surface area contributed by atoms with Gasteiger partial charge in [0.15, 0.2) is 0 Å². The molecule has 0 fully saturated rings. The molecule has 0 aliphatic carbocycles. The molecule has 0 aromatic rings. The van der Waals surface area contributed by atoms with Crippen LogP contribution in [0.5, 0.6) is 0 Å². The Morgan fingerprint density at radius 1 is 0.397 bits per heavy atom. The second kappa shape index (κ2) is 57.9. The summed E-state index contributed by atoms with van der Waals surface area (Å²) in [6.07, 6.45) is 70.4. The standard InChI is InChI=1S/C62H119NO5/c1-3-5-7-9-11-13-15-17-18-28-31-34-38-42-46-50-54-60(65)59(58-64)63-61(66)55-51-47-43-39-35-32-29-26-24-22-20-19-21-23-25-27-30-33-37-41-45-49-53-57-68-62(67)56-52-48-44-40-36-16-14-12-10-8-6-4-2/h12,14,22,24,59-60,64-65H,3-11,13,15-21,23,25-58H2,1-2H3,(H,63,66)/b14-12-,24-22-. The average molecular weight is 959 g/mol. The van der Waals surface area contributed by atoms with Crippen LogP contribution in [0, 0.1) is 0 Å². The Morgan fingerprint density at radius 3 is 1.07 bits per heavy atom. The van der Waals surface area contributed by atoms with Gasteiger partial charge in [0.1, 0.15) is 0 Å². The SMILES string of the molecule is CCCCC/C=C\CCCCCCCC(=O)OCCCCCCCCCCCCCC/C=C\CCCCCCCCCC(=O)NC(CO)C(O)CCCCCCCCCCCCCCCCCC. The predicted octanol–water partition coefficient (Wildman–Crippen LogP) is 19.0. The minimum absolute atomic E-state index is 0.00164. The van der Waals surface area contributed by atoms with Crippen LogP contribution in [0.1, 0.15) is 335 Å². The Labute approximate surface area is 424 Å². The fraction of sp³-hybridized carbons (Fsp3) is 0.903. The molecule has 1 amide bonds. The van der Waals surface area contributed by atoms with Gasteiger partial charge in [-0.05, 0) is 77.0 Å². The molecule has 2 atom stereocenters. The van der Waals surface area contributed by atoms with E-state index in [9.17, 15) is 19.8 Å². The number of ether oxygens (including phenoxy) is 1. The second-order valence-electron chi connectivity index (χ2n) is 21.0. The van der Waals surface area contributed by atoms with Crippen LogP contribution in [-0.2, 0) is 14.3 Å². The Balaban J connectivity index is 3.41. The Hall–Kier alpha value is -1.66. The minimum Gasteiger partial charge on any atom is -0.466 e. The number of aliphatic hydroxyl groups is 2. The molecule has 0 bridgehead atoms. The van der Waals surface area contributed by atoms with Crippen LogP contribution < -0.4 is 5.32 Å². The molecule has 0 aliphatic heterocycles. The Kier molecular flexibility index (Phi) is 56.5. The smallest absolute Gasteiger partial charge is 0.305 e. The highest BCUT2D eigenvalue weighted by Gasteiger charge is 2.20. The largest absolute Gasteiger partial charge is 0.466 e. The highest BCUT2D eigenvalue weighted by atomic mass is 16.5. The maximum absolute atomic E-state index is 12.5. The summed E-state index contributed by atoms with van der Waals surface area (Å²) < 4.78 is 5.46. The minimum atomic E-state index is -0.668. The van der Waals surface area contributed by atoms with Gasteiger partial charge in [0.25, 0.3) is 0 Å². The molecule has 68 heavy (non-hydrogen) atoms. The van der Waals surface area contributed by atoms with Gasteiger partial charge < -0.3 is 20.3 Å². The Bertz CT molecular complexity index is 1060.